The number of ketones is 1. The Morgan fingerprint density at radius 3 is 2.21 bits per heavy atom. The van der Waals surface area contributed by atoms with Gasteiger partial charge in [0.25, 0.3) is 0 Å². The highest BCUT2D eigenvalue weighted by atomic mass is 32.2. The van der Waals surface area contributed by atoms with Gasteiger partial charge in [-0.15, -0.1) is 23.5 Å². The molecule has 14 heavy (non-hydrogen) atoms. The van der Waals surface area contributed by atoms with Gasteiger partial charge in [0.1, 0.15) is 0 Å². The third kappa shape index (κ3) is 7.27. The van der Waals surface area contributed by atoms with Crippen LogP contribution in [-0.2, 0) is 4.79 Å². The van der Waals surface area contributed by atoms with Gasteiger partial charge in [-0.25, -0.2) is 0 Å². The molecule has 0 aromatic carbocycles. The van der Waals surface area contributed by atoms with Crippen molar-refractivity contribution in [3.63, 3.8) is 0 Å². The lowest BCUT2D eigenvalue weighted by Gasteiger charge is -1.98. The van der Waals surface area contributed by atoms with Crippen LogP contribution in [0.4, 0.5) is 0 Å². The minimum atomic E-state index is 0.223. The minimum absolute atomic E-state index is 0.223. The molecule has 0 N–H and O–H groups in total. The highest BCUT2D eigenvalue weighted by Gasteiger charge is 1.99. The summed E-state index contributed by atoms with van der Waals surface area (Å²) in [6.45, 7) is 4.10. The fourth-order valence-corrected chi connectivity index (χ4v) is 2.07. The van der Waals surface area contributed by atoms with Crippen molar-refractivity contribution in [2.24, 2.45) is 0 Å². The summed E-state index contributed by atoms with van der Waals surface area (Å²) < 4.78 is 1.09. The lowest BCUT2D eigenvalue weighted by Crippen LogP contribution is -1.92. The average Bonchev–Trinajstić information content (AvgIpc) is 2.13. The highest BCUT2D eigenvalue weighted by Crippen LogP contribution is 2.23. The molecule has 0 atom stereocenters. The summed E-state index contributed by atoms with van der Waals surface area (Å²) in [4.78, 5) is 11.4. The van der Waals surface area contributed by atoms with E-state index in [1.165, 1.54) is 5.57 Å². The Morgan fingerprint density at radius 2 is 1.79 bits per heavy atom. The number of carbonyl (C=O) groups is 1. The first-order chi connectivity index (χ1) is 6.60. The monoisotopic (exact) mass is 230 g/mol. The summed E-state index contributed by atoms with van der Waals surface area (Å²) >= 11 is 3.25. The van der Waals surface area contributed by atoms with Crippen molar-refractivity contribution in [2.45, 2.75) is 26.7 Å². The summed E-state index contributed by atoms with van der Waals surface area (Å²) in [5, 5.41) is 0. The maximum atomic E-state index is 11.4. The van der Waals surface area contributed by atoms with E-state index in [1.807, 2.05) is 12.5 Å². The fourth-order valence-electron chi connectivity index (χ4n) is 0.908. The molecule has 0 bridgehead atoms. The molecule has 0 aromatic heterocycles. The van der Waals surface area contributed by atoms with Crippen LogP contribution in [0.25, 0.3) is 0 Å². The Morgan fingerprint density at radius 1 is 1.21 bits per heavy atom. The summed E-state index contributed by atoms with van der Waals surface area (Å²) in [5.74, 6) is 0.223. The molecule has 0 radical (unpaired) electrons. The van der Waals surface area contributed by atoms with Crippen molar-refractivity contribution in [3.8, 4) is 0 Å². The lowest BCUT2D eigenvalue weighted by atomic mass is 10.2. The van der Waals surface area contributed by atoms with Crippen molar-refractivity contribution in [3.05, 3.63) is 22.0 Å². The van der Waals surface area contributed by atoms with Crippen LogP contribution in [0.5, 0.6) is 0 Å². The van der Waals surface area contributed by atoms with Gasteiger partial charge >= 0.3 is 0 Å². The normalized spacial score (nSPS) is 9.43. The van der Waals surface area contributed by atoms with Crippen molar-refractivity contribution in [1.29, 1.82) is 0 Å². The average molecular weight is 230 g/mol. The van der Waals surface area contributed by atoms with Crippen molar-refractivity contribution < 1.29 is 4.79 Å². The molecular weight excluding hydrogens is 212 g/mol. The van der Waals surface area contributed by atoms with E-state index in [4.69, 9.17) is 0 Å². The van der Waals surface area contributed by atoms with Crippen molar-refractivity contribution in [1.82, 2.24) is 0 Å². The van der Waals surface area contributed by atoms with Crippen LogP contribution in [0.2, 0.25) is 0 Å². The van der Waals surface area contributed by atoms with E-state index in [0.717, 1.165) is 10.7 Å². The van der Waals surface area contributed by atoms with Gasteiger partial charge in [-0.3, -0.25) is 4.79 Å². The van der Waals surface area contributed by atoms with Crippen LogP contribution >= 0.6 is 23.5 Å². The summed E-state index contributed by atoms with van der Waals surface area (Å²) in [7, 11) is 0. The third-order valence-electron chi connectivity index (χ3n) is 1.62. The van der Waals surface area contributed by atoms with E-state index in [2.05, 4.69) is 19.9 Å². The van der Waals surface area contributed by atoms with E-state index in [-0.39, 0.29) is 5.78 Å². The van der Waals surface area contributed by atoms with E-state index in [9.17, 15) is 4.79 Å². The maximum Gasteiger partial charge on any atom is 0.157 e. The Kier molecular flexibility index (Phi) is 8.09. The zero-order valence-electron chi connectivity index (χ0n) is 9.29. The largest absolute Gasteiger partial charge is 0.295 e. The van der Waals surface area contributed by atoms with Crippen molar-refractivity contribution >= 4 is 29.3 Å². The topological polar surface area (TPSA) is 17.1 Å². The second kappa shape index (κ2) is 8.18. The fraction of sp³-hybridized carbons (Fsp3) is 0.545. The molecule has 0 aliphatic rings. The zero-order valence-corrected chi connectivity index (χ0v) is 10.9. The highest BCUT2D eigenvalue weighted by molar-refractivity contribution is 8.21. The molecule has 0 aromatic rings. The molecular formula is C11H18OS2. The third-order valence-corrected chi connectivity index (χ3v) is 3.66. The van der Waals surface area contributed by atoms with Gasteiger partial charge in [0.15, 0.2) is 5.78 Å². The molecule has 0 saturated carbocycles. The Hall–Kier alpha value is -0.150. The molecule has 0 heterocycles. The molecule has 80 valence electrons. The molecule has 0 fully saturated rings. The first-order valence-electron chi connectivity index (χ1n) is 4.56. The van der Waals surface area contributed by atoms with Gasteiger partial charge in [0, 0.05) is 16.7 Å². The standard InChI is InChI=1S/C11H18OS2/c1-9(2)6-5-7-10(12)8-11(13-3)14-4/h6,8H,5,7H2,1-4H3. The Bertz CT molecular complexity index is 232. The number of hydrogen-bond donors (Lipinski definition) is 0. The first kappa shape index (κ1) is 13.8. The van der Waals surface area contributed by atoms with Crippen LogP contribution < -0.4 is 0 Å². The first-order valence-corrected chi connectivity index (χ1v) is 7.01. The van der Waals surface area contributed by atoms with Crippen molar-refractivity contribution in [2.75, 3.05) is 12.5 Å². The Labute approximate surface area is 95.4 Å². The molecule has 0 aliphatic heterocycles. The molecule has 0 spiro atoms. The number of allylic oxidation sites excluding steroid dienone is 3. The van der Waals surface area contributed by atoms with Crippen LogP contribution in [0.3, 0.4) is 0 Å². The Balaban J connectivity index is 3.97. The van der Waals surface area contributed by atoms with Gasteiger partial charge < -0.3 is 0 Å². The van der Waals surface area contributed by atoms with Gasteiger partial charge in [0.2, 0.25) is 0 Å². The second-order valence-corrected chi connectivity index (χ2v) is 5.11. The SMILES string of the molecule is CSC(=CC(=O)CCC=C(C)C)SC. The molecule has 0 aliphatic carbocycles. The van der Waals surface area contributed by atoms with Crippen LogP contribution in [0.1, 0.15) is 26.7 Å². The predicted octanol–water partition coefficient (Wildman–Crippen LogP) is 3.87. The van der Waals surface area contributed by atoms with E-state index in [1.54, 1.807) is 29.6 Å². The summed E-state index contributed by atoms with van der Waals surface area (Å²) in [6.07, 6.45) is 9.30. The molecule has 0 saturated heterocycles. The molecule has 0 rings (SSSR count). The molecule has 0 amide bonds. The van der Waals surface area contributed by atoms with Gasteiger partial charge in [0.05, 0.1) is 0 Å². The number of thioether (sulfide) groups is 2. The van der Waals surface area contributed by atoms with Crippen LogP contribution in [0, 0.1) is 0 Å². The minimum Gasteiger partial charge on any atom is -0.295 e. The quantitative estimate of drug-likeness (QED) is 0.509. The zero-order chi connectivity index (χ0) is 11.0. The van der Waals surface area contributed by atoms with Gasteiger partial charge in [-0.1, -0.05) is 11.6 Å². The number of rotatable bonds is 6. The van der Waals surface area contributed by atoms with Crippen LogP contribution in [-0.4, -0.2) is 18.3 Å². The maximum absolute atomic E-state index is 11.4. The summed E-state index contributed by atoms with van der Waals surface area (Å²) in [5.41, 5.74) is 1.27. The molecule has 3 heteroatoms. The molecule has 1 nitrogen and oxygen atoms in total. The smallest absolute Gasteiger partial charge is 0.157 e. The molecule has 0 unspecified atom stereocenters. The lowest BCUT2D eigenvalue weighted by molar-refractivity contribution is -0.114. The van der Waals surface area contributed by atoms with Gasteiger partial charge in [-0.05, 0) is 32.8 Å². The van der Waals surface area contributed by atoms with E-state index >= 15 is 0 Å². The number of carbonyl (C=O) groups excluding carboxylic acids is 1. The summed E-state index contributed by atoms with van der Waals surface area (Å²) in [6, 6.07) is 0. The predicted molar refractivity (Wildman–Crippen MR) is 68.8 cm³/mol. The van der Waals surface area contributed by atoms with Crippen LogP contribution in [0.15, 0.2) is 22.0 Å². The van der Waals surface area contributed by atoms with E-state index < -0.39 is 0 Å². The van der Waals surface area contributed by atoms with E-state index in [0.29, 0.717) is 6.42 Å². The van der Waals surface area contributed by atoms with Gasteiger partial charge in [-0.2, -0.15) is 0 Å². The second-order valence-electron chi connectivity index (χ2n) is 3.16. The number of hydrogen-bond acceptors (Lipinski definition) is 3.